The fraction of sp³-hybridized carbons (Fsp3) is 0.571. The Morgan fingerprint density at radius 3 is 2.37 bits per heavy atom. The maximum atomic E-state index is 12.1. The lowest BCUT2D eigenvalue weighted by Gasteiger charge is -2.14. The predicted molar refractivity (Wildman–Crippen MR) is 74.4 cm³/mol. The highest BCUT2D eigenvalue weighted by Crippen LogP contribution is 2.48. The van der Waals surface area contributed by atoms with Crippen molar-refractivity contribution in [1.29, 1.82) is 0 Å². The Kier molecular flexibility index (Phi) is 4.28. The third kappa shape index (κ3) is 3.55. The van der Waals surface area contributed by atoms with Crippen LogP contribution in [0.25, 0.3) is 0 Å². The number of hydrogen-bond donors (Lipinski definition) is 2. The molecule has 0 bridgehead atoms. The molecule has 0 aliphatic heterocycles. The molecule has 19 heavy (non-hydrogen) atoms. The van der Waals surface area contributed by atoms with Gasteiger partial charge in [0.25, 0.3) is 0 Å². The third-order valence-electron chi connectivity index (χ3n) is 3.98. The Hall–Kier alpha value is -0.910. The topological polar surface area (TPSA) is 66.4 Å². The first-order valence-electron chi connectivity index (χ1n) is 6.71. The molecule has 2 N–H and O–H groups in total. The van der Waals surface area contributed by atoms with Crippen LogP contribution in [0.15, 0.2) is 29.2 Å². The molecule has 1 aromatic carbocycles. The molecule has 0 aromatic heterocycles. The zero-order chi connectivity index (χ0) is 13.9. The number of aliphatic hydroxyl groups is 1. The number of hydrogen-bond acceptors (Lipinski definition) is 3. The van der Waals surface area contributed by atoms with Gasteiger partial charge in [0.1, 0.15) is 0 Å². The van der Waals surface area contributed by atoms with Gasteiger partial charge >= 0.3 is 0 Å². The van der Waals surface area contributed by atoms with Gasteiger partial charge in [-0.15, -0.1) is 0 Å². The van der Waals surface area contributed by atoms with Gasteiger partial charge < -0.3 is 5.11 Å². The van der Waals surface area contributed by atoms with Crippen LogP contribution < -0.4 is 4.72 Å². The average Bonchev–Trinajstić information content (AvgIpc) is 3.18. The summed E-state index contributed by atoms with van der Waals surface area (Å²) >= 11 is 0. The highest BCUT2D eigenvalue weighted by atomic mass is 32.2. The molecular weight excluding hydrogens is 262 g/mol. The minimum absolute atomic E-state index is 0.0728. The first-order chi connectivity index (χ1) is 9.01. The van der Waals surface area contributed by atoms with Crippen molar-refractivity contribution in [3.05, 3.63) is 29.8 Å². The molecule has 1 aromatic rings. The van der Waals surface area contributed by atoms with Gasteiger partial charge in [0, 0.05) is 13.2 Å². The molecule has 1 aliphatic carbocycles. The summed E-state index contributed by atoms with van der Waals surface area (Å²) in [7, 11) is -3.41. The zero-order valence-electron chi connectivity index (χ0n) is 11.2. The fourth-order valence-corrected chi connectivity index (χ4v) is 3.29. The first kappa shape index (κ1) is 14.5. The van der Waals surface area contributed by atoms with Gasteiger partial charge in [-0.2, -0.15) is 0 Å². The summed E-state index contributed by atoms with van der Waals surface area (Å²) in [6.07, 6.45) is 3.79. The molecule has 1 aliphatic rings. The van der Waals surface area contributed by atoms with Crippen molar-refractivity contribution in [2.75, 3.05) is 13.2 Å². The summed E-state index contributed by atoms with van der Waals surface area (Å²) in [6, 6.07) is 6.69. The Morgan fingerprint density at radius 1 is 1.26 bits per heavy atom. The van der Waals surface area contributed by atoms with E-state index in [2.05, 4.69) is 11.6 Å². The monoisotopic (exact) mass is 283 g/mol. The number of sulfonamides is 1. The molecule has 0 amide bonds. The van der Waals surface area contributed by atoms with Crippen molar-refractivity contribution in [3.8, 4) is 0 Å². The van der Waals surface area contributed by atoms with E-state index in [0.717, 1.165) is 24.8 Å². The van der Waals surface area contributed by atoms with Gasteiger partial charge in [0.05, 0.1) is 4.90 Å². The fourth-order valence-electron chi connectivity index (χ4n) is 2.13. The first-order valence-corrected chi connectivity index (χ1v) is 8.19. The largest absolute Gasteiger partial charge is 0.396 e. The molecule has 0 atom stereocenters. The molecule has 0 saturated heterocycles. The second kappa shape index (κ2) is 5.61. The minimum atomic E-state index is -3.41. The summed E-state index contributed by atoms with van der Waals surface area (Å²) in [4.78, 5) is 0.293. The van der Waals surface area contributed by atoms with E-state index in [-0.39, 0.29) is 12.0 Å². The van der Waals surface area contributed by atoms with Gasteiger partial charge in [-0.1, -0.05) is 19.1 Å². The van der Waals surface area contributed by atoms with Crippen LogP contribution in [0.3, 0.4) is 0 Å². The van der Waals surface area contributed by atoms with E-state index < -0.39 is 10.0 Å². The van der Waals surface area contributed by atoms with E-state index in [4.69, 9.17) is 5.11 Å². The van der Waals surface area contributed by atoms with Crippen LogP contribution in [-0.4, -0.2) is 26.7 Å². The minimum Gasteiger partial charge on any atom is -0.396 e. The van der Waals surface area contributed by atoms with Crippen molar-refractivity contribution >= 4 is 10.0 Å². The maximum Gasteiger partial charge on any atom is 0.240 e. The van der Waals surface area contributed by atoms with Gasteiger partial charge in [-0.3, -0.25) is 0 Å². The van der Waals surface area contributed by atoms with E-state index >= 15 is 0 Å². The lowest BCUT2D eigenvalue weighted by atomic mass is 10.1. The van der Waals surface area contributed by atoms with Crippen LogP contribution in [0.2, 0.25) is 0 Å². The van der Waals surface area contributed by atoms with Crippen molar-refractivity contribution in [1.82, 2.24) is 4.72 Å². The van der Waals surface area contributed by atoms with Gasteiger partial charge in [-0.05, 0) is 48.8 Å². The molecular formula is C14H21NO3S. The Morgan fingerprint density at radius 2 is 1.89 bits per heavy atom. The summed E-state index contributed by atoms with van der Waals surface area (Å²) in [5.41, 5.74) is 1.14. The third-order valence-corrected chi connectivity index (χ3v) is 5.40. The summed E-state index contributed by atoms with van der Waals surface area (Å²) in [5, 5.41) is 8.83. The number of nitrogens with one attached hydrogen (secondary N) is 1. The molecule has 1 saturated carbocycles. The highest BCUT2D eigenvalue weighted by Gasteiger charge is 2.41. The van der Waals surface area contributed by atoms with Crippen LogP contribution in [-0.2, 0) is 16.4 Å². The maximum absolute atomic E-state index is 12.1. The van der Waals surface area contributed by atoms with E-state index in [1.54, 1.807) is 24.3 Å². The normalized spacial score (nSPS) is 17.4. The number of rotatable bonds is 7. The summed E-state index contributed by atoms with van der Waals surface area (Å²) in [5.74, 6) is 0. The molecule has 1 fully saturated rings. The number of aliphatic hydroxyl groups excluding tert-OH is 1. The molecule has 4 nitrogen and oxygen atoms in total. The molecule has 0 radical (unpaired) electrons. The van der Waals surface area contributed by atoms with Crippen molar-refractivity contribution < 1.29 is 13.5 Å². The quantitative estimate of drug-likeness (QED) is 0.800. The SMILES string of the molecule is CCC1(CNS(=O)(=O)c2ccc(CCO)cc2)CC1. The molecule has 2 rings (SSSR count). The van der Waals surface area contributed by atoms with Crippen molar-refractivity contribution in [2.45, 2.75) is 37.5 Å². The Labute approximate surface area is 114 Å². The van der Waals surface area contributed by atoms with Crippen LogP contribution in [0.1, 0.15) is 31.7 Å². The number of benzene rings is 1. The van der Waals surface area contributed by atoms with E-state index in [1.165, 1.54) is 0 Å². The highest BCUT2D eigenvalue weighted by molar-refractivity contribution is 7.89. The van der Waals surface area contributed by atoms with Gasteiger partial charge in [-0.25, -0.2) is 13.1 Å². The van der Waals surface area contributed by atoms with Crippen LogP contribution in [0.5, 0.6) is 0 Å². The zero-order valence-corrected chi connectivity index (χ0v) is 12.0. The molecule has 0 spiro atoms. The Balaban J connectivity index is 2.02. The second-order valence-electron chi connectivity index (χ2n) is 5.30. The summed E-state index contributed by atoms with van der Waals surface area (Å²) < 4.78 is 27.0. The predicted octanol–water partition coefficient (Wildman–Crippen LogP) is 1.69. The van der Waals surface area contributed by atoms with Gasteiger partial charge in [0.2, 0.25) is 10.0 Å². The standard InChI is InChI=1S/C14H21NO3S/c1-2-14(8-9-14)11-15-19(17,18)13-5-3-12(4-6-13)7-10-16/h3-6,15-16H,2,7-11H2,1H3. The Bertz CT molecular complexity index is 518. The van der Waals surface area contributed by atoms with Crippen LogP contribution in [0, 0.1) is 5.41 Å². The van der Waals surface area contributed by atoms with Crippen molar-refractivity contribution in [3.63, 3.8) is 0 Å². The van der Waals surface area contributed by atoms with E-state index in [0.29, 0.717) is 17.9 Å². The van der Waals surface area contributed by atoms with E-state index in [1.807, 2.05) is 0 Å². The molecule has 106 valence electrons. The second-order valence-corrected chi connectivity index (χ2v) is 7.06. The summed E-state index contributed by atoms with van der Waals surface area (Å²) in [6.45, 7) is 2.71. The smallest absolute Gasteiger partial charge is 0.240 e. The average molecular weight is 283 g/mol. The molecule has 0 unspecified atom stereocenters. The molecule has 5 heteroatoms. The van der Waals surface area contributed by atoms with Crippen LogP contribution >= 0.6 is 0 Å². The molecule has 0 heterocycles. The van der Waals surface area contributed by atoms with Crippen LogP contribution in [0.4, 0.5) is 0 Å². The lowest BCUT2D eigenvalue weighted by molar-refractivity contribution is 0.299. The van der Waals surface area contributed by atoms with E-state index in [9.17, 15) is 8.42 Å². The lowest BCUT2D eigenvalue weighted by Crippen LogP contribution is -2.30. The van der Waals surface area contributed by atoms with Crippen molar-refractivity contribution in [2.24, 2.45) is 5.41 Å². The van der Waals surface area contributed by atoms with Gasteiger partial charge in [0.15, 0.2) is 0 Å².